The second-order valence-corrected chi connectivity index (χ2v) is 8.28. The van der Waals surface area contributed by atoms with E-state index in [1.165, 1.54) is 11.8 Å². The molecule has 4 rings (SSSR count). The third-order valence-electron chi connectivity index (χ3n) is 5.05. The minimum Gasteiger partial charge on any atom is -0.496 e. The molecule has 0 spiro atoms. The Kier molecular flexibility index (Phi) is 7.36. The summed E-state index contributed by atoms with van der Waals surface area (Å²) in [5, 5.41) is 20.8. The zero-order valence-electron chi connectivity index (χ0n) is 18.3. The van der Waals surface area contributed by atoms with E-state index in [4.69, 9.17) is 4.74 Å². The number of nitrogens with one attached hydrogen (secondary N) is 1. The molecule has 0 bridgehead atoms. The molecule has 9 nitrogen and oxygen atoms in total. The summed E-state index contributed by atoms with van der Waals surface area (Å²) >= 11 is 1.49. The third-order valence-corrected chi connectivity index (χ3v) is 6.01. The zero-order chi connectivity index (χ0) is 23.0. The highest BCUT2D eigenvalue weighted by Gasteiger charge is 2.15. The van der Waals surface area contributed by atoms with Crippen LogP contribution in [0.15, 0.2) is 66.3 Å². The summed E-state index contributed by atoms with van der Waals surface area (Å²) in [6.07, 6.45) is 2.17. The smallest absolute Gasteiger partial charge is 0.221 e. The maximum atomic E-state index is 12.3. The molecule has 2 aromatic heterocycles. The van der Waals surface area contributed by atoms with Crippen LogP contribution in [0.2, 0.25) is 0 Å². The second kappa shape index (κ2) is 10.8. The Morgan fingerprint density at radius 3 is 2.82 bits per heavy atom. The number of nitrogens with zero attached hydrogens (tertiary/aromatic N) is 6. The van der Waals surface area contributed by atoms with Gasteiger partial charge in [0, 0.05) is 30.8 Å². The summed E-state index contributed by atoms with van der Waals surface area (Å²) in [7, 11) is 1.62. The van der Waals surface area contributed by atoms with Gasteiger partial charge in [-0.05, 0) is 18.2 Å². The van der Waals surface area contributed by atoms with Crippen LogP contribution in [0.25, 0.3) is 11.0 Å². The van der Waals surface area contributed by atoms with Crippen molar-refractivity contribution in [2.75, 3.05) is 12.9 Å². The minimum atomic E-state index is -0.0301. The molecular formula is C23H25N7O2S. The van der Waals surface area contributed by atoms with E-state index in [-0.39, 0.29) is 5.91 Å². The summed E-state index contributed by atoms with van der Waals surface area (Å²) < 4.78 is 9.12. The number of thioether (sulfide) groups is 1. The molecule has 0 unspecified atom stereocenters. The van der Waals surface area contributed by atoms with E-state index in [0.717, 1.165) is 33.3 Å². The Balaban J connectivity index is 1.35. The highest BCUT2D eigenvalue weighted by molar-refractivity contribution is 7.99. The number of methoxy groups -OCH3 is 1. The Bertz CT molecular complexity index is 1250. The molecule has 1 N–H and O–H groups in total. The number of hydrogen-bond acceptors (Lipinski definition) is 7. The van der Waals surface area contributed by atoms with Crippen molar-refractivity contribution in [3.63, 3.8) is 0 Å². The van der Waals surface area contributed by atoms with Gasteiger partial charge in [0.2, 0.25) is 5.91 Å². The molecule has 0 aliphatic rings. The first kappa shape index (κ1) is 22.5. The average molecular weight is 464 g/mol. The molecule has 4 aromatic rings. The lowest BCUT2D eigenvalue weighted by molar-refractivity contribution is -0.120. The SMILES string of the molecule is C=CCn1c(Cn2nnc3ccccc32)nnc1SCCC(=O)NCc1ccccc1OC. The lowest BCUT2D eigenvalue weighted by atomic mass is 10.2. The Morgan fingerprint density at radius 2 is 1.97 bits per heavy atom. The fraction of sp³-hybridized carbons (Fsp3) is 0.261. The van der Waals surface area contributed by atoms with E-state index in [0.29, 0.717) is 31.8 Å². The summed E-state index contributed by atoms with van der Waals surface area (Å²) in [5.74, 6) is 2.07. The number of amides is 1. The van der Waals surface area contributed by atoms with Crippen LogP contribution in [0.3, 0.4) is 0 Å². The fourth-order valence-electron chi connectivity index (χ4n) is 3.39. The molecule has 2 aromatic carbocycles. The molecular weight excluding hydrogens is 438 g/mol. The Morgan fingerprint density at radius 1 is 1.15 bits per heavy atom. The number of fused-ring (bicyclic) bond motifs is 1. The van der Waals surface area contributed by atoms with Crippen molar-refractivity contribution in [1.82, 2.24) is 35.1 Å². The van der Waals surface area contributed by atoms with Crippen LogP contribution < -0.4 is 10.1 Å². The van der Waals surface area contributed by atoms with Gasteiger partial charge >= 0.3 is 0 Å². The van der Waals surface area contributed by atoms with Crippen molar-refractivity contribution in [3.8, 4) is 5.75 Å². The molecule has 170 valence electrons. The van der Waals surface area contributed by atoms with Gasteiger partial charge in [0.05, 0.1) is 12.6 Å². The first-order valence-electron chi connectivity index (χ1n) is 10.5. The predicted octanol–water partition coefficient (Wildman–Crippen LogP) is 3.06. The van der Waals surface area contributed by atoms with E-state index in [9.17, 15) is 4.79 Å². The van der Waals surface area contributed by atoms with Gasteiger partial charge in [-0.3, -0.25) is 4.79 Å². The summed E-state index contributed by atoms with van der Waals surface area (Å²) in [5.41, 5.74) is 2.71. The van der Waals surface area contributed by atoms with Crippen molar-refractivity contribution >= 4 is 28.7 Å². The van der Waals surface area contributed by atoms with Crippen LogP contribution in [0.1, 0.15) is 17.8 Å². The first-order valence-corrected chi connectivity index (χ1v) is 11.5. The maximum absolute atomic E-state index is 12.3. The molecule has 0 atom stereocenters. The number of para-hydroxylation sites is 2. The lowest BCUT2D eigenvalue weighted by Crippen LogP contribution is -2.23. The van der Waals surface area contributed by atoms with Crippen LogP contribution in [0.4, 0.5) is 0 Å². The van der Waals surface area contributed by atoms with Crippen molar-refractivity contribution in [2.45, 2.75) is 31.2 Å². The van der Waals surface area contributed by atoms with Crippen LogP contribution in [0.5, 0.6) is 5.75 Å². The number of allylic oxidation sites excluding steroid dienone is 1. The molecule has 0 aliphatic heterocycles. The Labute approximate surface area is 195 Å². The largest absolute Gasteiger partial charge is 0.496 e. The first-order chi connectivity index (χ1) is 16.2. The summed E-state index contributed by atoms with van der Waals surface area (Å²) in [4.78, 5) is 12.3. The maximum Gasteiger partial charge on any atom is 0.221 e. The molecule has 2 heterocycles. The predicted molar refractivity (Wildman–Crippen MR) is 127 cm³/mol. The third kappa shape index (κ3) is 5.40. The summed E-state index contributed by atoms with van der Waals surface area (Å²) in [6, 6.07) is 15.4. The Hall–Kier alpha value is -3.66. The van der Waals surface area contributed by atoms with E-state index in [1.807, 2.05) is 53.1 Å². The second-order valence-electron chi connectivity index (χ2n) is 7.22. The molecule has 0 radical (unpaired) electrons. The standard InChI is InChI=1S/C23H25N7O2S/c1-3-13-29-21(16-30-19-10-6-5-9-18(19)25-28-30)26-27-23(29)33-14-12-22(31)24-15-17-8-4-7-11-20(17)32-2/h3-11H,1,12-16H2,2H3,(H,24,31). The molecule has 0 saturated carbocycles. The average Bonchev–Trinajstić information content (AvgIpc) is 3.43. The van der Waals surface area contributed by atoms with E-state index < -0.39 is 0 Å². The highest BCUT2D eigenvalue weighted by Crippen LogP contribution is 2.20. The minimum absolute atomic E-state index is 0.0301. The molecule has 33 heavy (non-hydrogen) atoms. The fourth-order valence-corrected chi connectivity index (χ4v) is 4.29. The van der Waals surface area contributed by atoms with Crippen LogP contribution >= 0.6 is 11.8 Å². The van der Waals surface area contributed by atoms with Gasteiger partial charge < -0.3 is 14.6 Å². The molecule has 1 amide bonds. The van der Waals surface area contributed by atoms with Gasteiger partial charge in [0.25, 0.3) is 0 Å². The van der Waals surface area contributed by atoms with Crippen molar-refractivity contribution in [1.29, 1.82) is 0 Å². The van der Waals surface area contributed by atoms with Crippen LogP contribution in [-0.2, 0) is 24.4 Å². The van der Waals surface area contributed by atoms with E-state index in [1.54, 1.807) is 17.9 Å². The number of carbonyl (C=O) groups excluding carboxylic acids is 1. The molecule has 0 fully saturated rings. The van der Waals surface area contributed by atoms with Gasteiger partial charge in [0.1, 0.15) is 17.8 Å². The number of benzene rings is 2. The number of aromatic nitrogens is 6. The highest BCUT2D eigenvalue weighted by atomic mass is 32.2. The van der Waals surface area contributed by atoms with Crippen LogP contribution in [-0.4, -0.2) is 48.5 Å². The topological polar surface area (TPSA) is 99.8 Å². The lowest BCUT2D eigenvalue weighted by Gasteiger charge is -2.10. The van der Waals surface area contributed by atoms with Gasteiger partial charge in [-0.2, -0.15) is 0 Å². The molecule has 0 saturated heterocycles. The van der Waals surface area contributed by atoms with Gasteiger partial charge in [-0.1, -0.05) is 53.4 Å². The number of carbonyl (C=O) groups is 1. The quantitative estimate of drug-likeness (QED) is 0.270. The number of ether oxygens (including phenoxy) is 1. The normalized spacial score (nSPS) is 10.9. The molecule has 10 heteroatoms. The molecule has 0 aliphatic carbocycles. The summed E-state index contributed by atoms with van der Waals surface area (Å²) in [6.45, 7) is 5.28. The number of rotatable bonds is 11. The van der Waals surface area contributed by atoms with Gasteiger partial charge in [-0.25, -0.2) is 4.68 Å². The van der Waals surface area contributed by atoms with E-state index >= 15 is 0 Å². The van der Waals surface area contributed by atoms with Gasteiger partial charge in [0.15, 0.2) is 11.0 Å². The van der Waals surface area contributed by atoms with Crippen molar-refractivity contribution < 1.29 is 9.53 Å². The van der Waals surface area contributed by atoms with E-state index in [2.05, 4.69) is 32.4 Å². The number of hydrogen-bond donors (Lipinski definition) is 1. The van der Waals surface area contributed by atoms with Crippen molar-refractivity contribution in [2.24, 2.45) is 0 Å². The monoisotopic (exact) mass is 463 g/mol. The van der Waals surface area contributed by atoms with Crippen molar-refractivity contribution in [3.05, 3.63) is 72.6 Å². The zero-order valence-corrected chi connectivity index (χ0v) is 19.2. The van der Waals surface area contributed by atoms with Gasteiger partial charge in [-0.15, -0.1) is 21.9 Å². The van der Waals surface area contributed by atoms with Crippen LogP contribution in [0, 0.1) is 0 Å².